The predicted molar refractivity (Wildman–Crippen MR) is 211 cm³/mol. The molecule has 0 radical (unpaired) electrons. The van der Waals surface area contributed by atoms with Crippen molar-refractivity contribution in [3.63, 3.8) is 0 Å². The third-order valence-electron chi connectivity index (χ3n) is 20.3. The molecule has 0 aromatic carbocycles. The Morgan fingerprint density at radius 2 is 0.962 bits per heavy atom. The van der Waals surface area contributed by atoms with Crippen molar-refractivity contribution < 1.29 is 9.47 Å². The second-order valence-corrected chi connectivity index (χ2v) is 21.9. The molecule has 11 fully saturated rings. The Morgan fingerprint density at radius 1 is 0.365 bits per heavy atom. The number of fused-ring (bicyclic) bond motifs is 10. The highest BCUT2D eigenvalue weighted by atomic mass is 16.5. The number of rotatable bonds is 5. The fourth-order valence-corrected chi connectivity index (χ4v) is 18.9. The number of ether oxygens (including phenoxy) is 2. The fourth-order valence-electron chi connectivity index (χ4n) is 18.9. The van der Waals surface area contributed by atoms with E-state index in [-0.39, 0.29) is 0 Å². The van der Waals surface area contributed by atoms with Gasteiger partial charge in [0, 0.05) is 24.0 Å². The SMILES string of the molecule is C1CCC(N(C2CCC3C4CCCCC4C(C4CCCCC4)(C4CCCCC4)C3C2)C2CCCC3C4CCC5OC6CCCCC6C5C4OC32)CC1. The summed E-state index contributed by atoms with van der Waals surface area (Å²) in [5, 5.41) is 0. The molecule has 9 saturated carbocycles. The molecule has 52 heavy (non-hydrogen) atoms. The maximum Gasteiger partial charge on any atom is 0.0766 e. The van der Waals surface area contributed by atoms with Crippen molar-refractivity contribution in [2.75, 3.05) is 0 Å². The average molecular weight is 714 g/mol. The zero-order valence-electron chi connectivity index (χ0n) is 33.5. The van der Waals surface area contributed by atoms with Crippen molar-refractivity contribution in [1.29, 1.82) is 0 Å². The average Bonchev–Trinajstić information content (AvgIpc) is 3.88. The van der Waals surface area contributed by atoms with E-state index in [4.69, 9.17) is 9.47 Å². The summed E-state index contributed by atoms with van der Waals surface area (Å²) >= 11 is 0. The van der Waals surface area contributed by atoms with Gasteiger partial charge in [-0.05, 0) is 168 Å². The highest BCUT2D eigenvalue weighted by Crippen LogP contribution is 2.72. The lowest BCUT2D eigenvalue weighted by Crippen LogP contribution is -2.59. The van der Waals surface area contributed by atoms with Crippen LogP contribution in [0.25, 0.3) is 0 Å². The highest BCUT2D eigenvalue weighted by molar-refractivity contribution is 5.16. The minimum Gasteiger partial charge on any atom is -0.374 e. The largest absolute Gasteiger partial charge is 0.374 e. The number of nitrogens with zero attached hydrogens (tertiary/aromatic N) is 1. The lowest BCUT2D eigenvalue weighted by atomic mass is 9.48. The molecule has 2 heterocycles. The monoisotopic (exact) mass is 714 g/mol. The standard InChI is InChI=1S/C49H79NO2/c1-4-15-32(16-5-1)49(33-17-6-2-7-18-33)41-24-12-10-21-36(41)37-28-27-35(31-42(37)49)50(34-19-8-3-9-20-34)43-25-14-23-38-39-29-30-45-46(48(39)52-47(38)43)40-22-11-13-26-44(40)51-45/h32-48H,1-31H2. The van der Waals surface area contributed by atoms with Crippen LogP contribution in [0.15, 0.2) is 0 Å². The van der Waals surface area contributed by atoms with E-state index in [9.17, 15) is 0 Å². The van der Waals surface area contributed by atoms with Crippen LogP contribution in [0.3, 0.4) is 0 Å². The molecule has 0 bridgehead atoms. The second kappa shape index (κ2) is 14.7. The molecule has 14 atom stereocenters. The first-order valence-corrected chi connectivity index (χ1v) is 24.9. The lowest BCUT2D eigenvalue weighted by Gasteiger charge is -2.58. The van der Waals surface area contributed by atoms with E-state index in [1.54, 1.807) is 89.9 Å². The third kappa shape index (κ3) is 5.60. The molecule has 2 aliphatic heterocycles. The highest BCUT2D eigenvalue weighted by Gasteiger charge is 2.67. The molecule has 11 aliphatic rings. The van der Waals surface area contributed by atoms with E-state index in [1.165, 1.54) is 109 Å². The molecule has 0 aromatic rings. The molecule has 0 spiro atoms. The summed E-state index contributed by atoms with van der Waals surface area (Å²) in [6, 6.07) is 2.36. The van der Waals surface area contributed by atoms with E-state index in [0.717, 1.165) is 65.3 Å². The van der Waals surface area contributed by atoms with Crippen LogP contribution < -0.4 is 0 Å². The molecule has 0 amide bonds. The van der Waals surface area contributed by atoms with Crippen LogP contribution in [-0.2, 0) is 9.47 Å². The lowest BCUT2D eigenvalue weighted by molar-refractivity contribution is -0.116. The van der Waals surface area contributed by atoms with Crippen LogP contribution in [0, 0.1) is 64.6 Å². The molecule has 9 aliphatic carbocycles. The molecule has 14 unspecified atom stereocenters. The van der Waals surface area contributed by atoms with Gasteiger partial charge >= 0.3 is 0 Å². The Labute approximate surface area is 319 Å². The Morgan fingerprint density at radius 3 is 1.73 bits per heavy atom. The zero-order chi connectivity index (χ0) is 34.2. The van der Waals surface area contributed by atoms with E-state index in [2.05, 4.69) is 4.90 Å². The van der Waals surface area contributed by atoms with Gasteiger partial charge in [0.05, 0.1) is 24.4 Å². The molecule has 3 nitrogen and oxygen atoms in total. The van der Waals surface area contributed by atoms with Crippen LogP contribution >= 0.6 is 0 Å². The number of hydrogen-bond acceptors (Lipinski definition) is 3. The molecular formula is C49H79NO2. The molecule has 2 saturated heterocycles. The van der Waals surface area contributed by atoms with Gasteiger partial charge < -0.3 is 9.47 Å². The van der Waals surface area contributed by atoms with E-state index in [0.29, 0.717) is 41.8 Å². The molecular weight excluding hydrogens is 635 g/mol. The van der Waals surface area contributed by atoms with Crippen molar-refractivity contribution in [3.8, 4) is 0 Å². The zero-order valence-corrected chi connectivity index (χ0v) is 33.5. The third-order valence-corrected chi connectivity index (χ3v) is 20.3. The maximum atomic E-state index is 7.78. The summed E-state index contributed by atoms with van der Waals surface area (Å²) in [5.41, 5.74) is 0.690. The molecule has 0 aromatic heterocycles. The van der Waals surface area contributed by atoms with Crippen molar-refractivity contribution >= 4 is 0 Å². The van der Waals surface area contributed by atoms with Gasteiger partial charge in [-0.3, -0.25) is 4.90 Å². The Kier molecular flexibility index (Phi) is 9.90. The minimum atomic E-state index is 0.509. The smallest absolute Gasteiger partial charge is 0.0766 e. The summed E-state index contributed by atoms with van der Waals surface area (Å²) in [7, 11) is 0. The maximum absolute atomic E-state index is 7.78. The number of hydrogen-bond donors (Lipinski definition) is 0. The molecule has 11 rings (SSSR count). The van der Waals surface area contributed by atoms with Crippen LogP contribution in [0.5, 0.6) is 0 Å². The van der Waals surface area contributed by atoms with Crippen LogP contribution in [-0.4, -0.2) is 47.4 Å². The van der Waals surface area contributed by atoms with E-state index >= 15 is 0 Å². The Hall–Kier alpha value is -0.120. The quantitative estimate of drug-likeness (QED) is 0.283. The van der Waals surface area contributed by atoms with Gasteiger partial charge in [0.1, 0.15) is 0 Å². The van der Waals surface area contributed by atoms with Crippen LogP contribution in [0.4, 0.5) is 0 Å². The summed E-state index contributed by atoms with van der Waals surface area (Å²) in [4.78, 5) is 3.39. The fraction of sp³-hybridized carbons (Fsp3) is 1.00. The normalized spacial score (nSPS) is 49.8. The minimum absolute atomic E-state index is 0.509. The van der Waals surface area contributed by atoms with Crippen molar-refractivity contribution in [2.45, 2.75) is 242 Å². The first-order valence-electron chi connectivity index (χ1n) is 24.9. The van der Waals surface area contributed by atoms with Crippen LogP contribution in [0.2, 0.25) is 0 Å². The van der Waals surface area contributed by atoms with Gasteiger partial charge in [-0.1, -0.05) is 89.9 Å². The van der Waals surface area contributed by atoms with E-state index < -0.39 is 0 Å². The Bertz CT molecular complexity index is 1200. The van der Waals surface area contributed by atoms with Crippen molar-refractivity contribution in [3.05, 3.63) is 0 Å². The molecule has 292 valence electrons. The van der Waals surface area contributed by atoms with Gasteiger partial charge in [0.2, 0.25) is 0 Å². The Balaban J connectivity index is 0.934. The topological polar surface area (TPSA) is 21.7 Å². The summed E-state index contributed by atoms with van der Waals surface area (Å²) in [5.74, 6) is 9.52. The van der Waals surface area contributed by atoms with Gasteiger partial charge in [-0.25, -0.2) is 0 Å². The van der Waals surface area contributed by atoms with E-state index in [1.807, 2.05) is 0 Å². The first-order chi connectivity index (χ1) is 25.8. The summed E-state index contributed by atoms with van der Waals surface area (Å²) in [6.07, 6.45) is 48.8. The second-order valence-electron chi connectivity index (χ2n) is 21.9. The first kappa shape index (κ1) is 35.1. The van der Waals surface area contributed by atoms with Gasteiger partial charge in [0.15, 0.2) is 0 Å². The van der Waals surface area contributed by atoms with Gasteiger partial charge in [-0.2, -0.15) is 0 Å². The summed E-state index contributed by atoms with van der Waals surface area (Å²) in [6.45, 7) is 0. The van der Waals surface area contributed by atoms with Crippen molar-refractivity contribution in [2.24, 2.45) is 64.6 Å². The predicted octanol–water partition coefficient (Wildman–Crippen LogP) is 12.3. The molecule has 3 heteroatoms. The molecule has 0 N–H and O–H groups in total. The summed E-state index contributed by atoms with van der Waals surface area (Å²) < 4.78 is 14.7. The van der Waals surface area contributed by atoms with Crippen LogP contribution in [0.1, 0.15) is 199 Å². The van der Waals surface area contributed by atoms with Crippen molar-refractivity contribution in [1.82, 2.24) is 4.90 Å². The van der Waals surface area contributed by atoms with Gasteiger partial charge in [-0.15, -0.1) is 0 Å². The van der Waals surface area contributed by atoms with Gasteiger partial charge in [0.25, 0.3) is 0 Å².